The number of carbonyl (C=O) groups excluding carboxylic acids is 1. The number of hydrogen-bond donors (Lipinski definition) is 2. The summed E-state index contributed by atoms with van der Waals surface area (Å²) < 4.78 is 96.4. The van der Waals surface area contributed by atoms with Gasteiger partial charge in [0.2, 0.25) is 5.91 Å². The van der Waals surface area contributed by atoms with Gasteiger partial charge in [0.25, 0.3) is 20.0 Å². The molecule has 0 unspecified atom stereocenters. The van der Waals surface area contributed by atoms with Crippen LogP contribution in [0.2, 0.25) is 5.02 Å². The molecule has 0 bridgehead atoms. The zero-order chi connectivity index (χ0) is 31.6. The molecule has 0 aromatic heterocycles. The number of carbonyl (C=O) groups is 1. The second-order valence-corrected chi connectivity index (χ2v) is 13.5. The van der Waals surface area contributed by atoms with E-state index in [1.807, 2.05) is 13.0 Å². The molecule has 0 saturated carbocycles. The fourth-order valence-electron chi connectivity index (χ4n) is 4.01. The van der Waals surface area contributed by atoms with Gasteiger partial charge in [-0.2, -0.15) is 13.2 Å². The third kappa shape index (κ3) is 7.66. The quantitative estimate of drug-likeness (QED) is 0.212. The highest BCUT2D eigenvalue weighted by molar-refractivity contribution is 7.93. The van der Waals surface area contributed by atoms with Gasteiger partial charge in [0.05, 0.1) is 26.1 Å². The molecule has 0 aliphatic heterocycles. The lowest BCUT2D eigenvalue weighted by Gasteiger charge is -2.25. The normalized spacial score (nSPS) is 12.0. The van der Waals surface area contributed by atoms with Gasteiger partial charge in [-0.05, 0) is 86.1 Å². The maximum atomic E-state index is 13.6. The molecule has 0 atom stereocenters. The van der Waals surface area contributed by atoms with Crippen LogP contribution in [0.4, 0.5) is 30.2 Å². The molecule has 0 fully saturated rings. The number of alkyl halides is 3. The van der Waals surface area contributed by atoms with E-state index in [1.165, 1.54) is 48.5 Å². The third-order valence-electron chi connectivity index (χ3n) is 6.16. The molecule has 0 saturated heterocycles. The third-order valence-corrected chi connectivity index (χ3v) is 9.67. The van der Waals surface area contributed by atoms with Gasteiger partial charge in [-0.25, -0.2) is 16.8 Å². The molecule has 2 N–H and O–H groups in total. The van der Waals surface area contributed by atoms with E-state index in [9.17, 15) is 34.8 Å². The van der Waals surface area contributed by atoms with Crippen molar-refractivity contribution in [2.75, 3.05) is 20.9 Å². The predicted molar refractivity (Wildman–Crippen MR) is 159 cm³/mol. The first-order valence-corrected chi connectivity index (χ1v) is 15.8. The average molecular weight is 652 g/mol. The van der Waals surface area contributed by atoms with Crippen molar-refractivity contribution in [2.45, 2.75) is 29.8 Å². The second-order valence-electron chi connectivity index (χ2n) is 9.53. The van der Waals surface area contributed by atoms with Crippen LogP contribution in [0.15, 0.2) is 101 Å². The van der Waals surface area contributed by atoms with Crippen LogP contribution in [0.1, 0.15) is 16.7 Å². The van der Waals surface area contributed by atoms with Crippen molar-refractivity contribution in [3.05, 3.63) is 113 Å². The second kappa shape index (κ2) is 12.3. The molecule has 0 aliphatic rings. The lowest BCUT2D eigenvalue weighted by Crippen LogP contribution is -2.38. The van der Waals surface area contributed by atoms with Gasteiger partial charge in [-0.15, -0.1) is 0 Å². The van der Waals surface area contributed by atoms with E-state index in [4.69, 9.17) is 11.6 Å². The Balaban J connectivity index is 1.60. The van der Waals surface area contributed by atoms with E-state index >= 15 is 0 Å². The fourth-order valence-corrected chi connectivity index (χ4v) is 6.70. The first-order chi connectivity index (χ1) is 20.1. The zero-order valence-corrected chi connectivity index (χ0v) is 25.1. The summed E-state index contributed by atoms with van der Waals surface area (Å²) in [4.78, 5) is 12.7. The lowest BCUT2D eigenvalue weighted by atomic mass is 10.2. The Morgan fingerprint density at radius 3 is 2.02 bits per heavy atom. The number of anilines is 3. The summed E-state index contributed by atoms with van der Waals surface area (Å²) in [6.07, 6.45) is -4.88. The number of hydrogen-bond acceptors (Lipinski definition) is 5. The van der Waals surface area contributed by atoms with E-state index in [0.29, 0.717) is 16.1 Å². The Kier molecular flexibility index (Phi) is 9.09. The van der Waals surface area contributed by atoms with Crippen LogP contribution in [0.25, 0.3) is 0 Å². The highest BCUT2D eigenvalue weighted by Gasteiger charge is 2.35. The Bertz CT molecular complexity index is 1870. The molecular formula is C29H25ClF3N3O5S2. The SMILES string of the molecule is Cc1ccc(S(=O)(=O)N(CC(=O)Nc2ccc(S(=O)(=O)Nc3cccc(C)c3)cc2)c2ccc(Cl)c(C(F)(F)F)c2)cc1. The predicted octanol–water partition coefficient (Wildman–Crippen LogP) is 6.61. The van der Waals surface area contributed by atoms with Crippen molar-refractivity contribution in [1.29, 1.82) is 0 Å². The molecule has 0 heterocycles. The number of rotatable bonds is 9. The molecule has 0 radical (unpaired) electrons. The number of nitrogens with zero attached hydrogens (tertiary/aromatic N) is 1. The van der Waals surface area contributed by atoms with E-state index in [2.05, 4.69) is 10.0 Å². The number of halogens is 4. The monoisotopic (exact) mass is 651 g/mol. The first-order valence-electron chi connectivity index (χ1n) is 12.5. The molecule has 4 aromatic carbocycles. The van der Waals surface area contributed by atoms with Crippen LogP contribution < -0.4 is 14.3 Å². The average Bonchev–Trinajstić information content (AvgIpc) is 2.92. The summed E-state index contributed by atoms with van der Waals surface area (Å²) in [6, 6.07) is 19.9. The lowest BCUT2D eigenvalue weighted by molar-refractivity contribution is -0.137. The van der Waals surface area contributed by atoms with E-state index in [1.54, 1.807) is 25.1 Å². The van der Waals surface area contributed by atoms with Crippen LogP contribution in [-0.4, -0.2) is 29.3 Å². The number of sulfonamides is 2. The van der Waals surface area contributed by atoms with E-state index in [0.717, 1.165) is 23.3 Å². The molecule has 8 nitrogen and oxygen atoms in total. The highest BCUT2D eigenvalue weighted by Crippen LogP contribution is 2.38. The summed E-state index contributed by atoms with van der Waals surface area (Å²) >= 11 is 5.73. The van der Waals surface area contributed by atoms with Crippen molar-refractivity contribution in [3.63, 3.8) is 0 Å². The van der Waals surface area contributed by atoms with Gasteiger partial charge < -0.3 is 5.32 Å². The van der Waals surface area contributed by atoms with Crippen LogP contribution >= 0.6 is 11.6 Å². The molecule has 4 rings (SSSR count). The summed E-state index contributed by atoms with van der Waals surface area (Å²) in [6.45, 7) is 2.64. The van der Waals surface area contributed by atoms with Gasteiger partial charge in [-0.3, -0.25) is 13.8 Å². The van der Waals surface area contributed by atoms with Crippen molar-refractivity contribution in [3.8, 4) is 0 Å². The minimum Gasteiger partial charge on any atom is -0.325 e. The van der Waals surface area contributed by atoms with Crippen LogP contribution in [0.5, 0.6) is 0 Å². The number of nitrogens with one attached hydrogen (secondary N) is 2. The van der Waals surface area contributed by atoms with Crippen LogP contribution in [0, 0.1) is 13.8 Å². The van der Waals surface area contributed by atoms with E-state index < -0.39 is 54.9 Å². The molecule has 43 heavy (non-hydrogen) atoms. The van der Waals surface area contributed by atoms with Crippen molar-refractivity contribution < 1.29 is 34.8 Å². The Morgan fingerprint density at radius 1 is 0.791 bits per heavy atom. The number of benzene rings is 4. The highest BCUT2D eigenvalue weighted by atomic mass is 35.5. The fraction of sp³-hybridized carbons (Fsp3) is 0.138. The summed E-state index contributed by atoms with van der Waals surface area (Å²) in [7, 11) is -8.47. The summed E-state index contributed by atoms with van der Waals surface area (Å²) in [5.74, 6) is -0.896. The van der Waals surface area contributed by atoms with Crippen molar-refractivity contribution >= 4 is 54.6 Å². The Labute approximate surface area is 252 Å². The maximum absolute atomic E-state index is 13.6. The van der Waals surface area contributed by atoms with E-state index in [-0.39, 0.29) is 15.5 Å². The van der Waals surface area contributed by atoms with Gasteiger partial charge >= 0.3 is 6.18 Å². The standard InChI is InChI=1S/C29H25ClF3N3O5S2/c1-19-6-11-25(12-7-19)43(40,41)36(23-10-15-27(30)26(17-23)29(31,32)33)18-28(37)34-21-8-13-24(14-9-21)42(38,39)35-22-5-3-4-20(2)16-22/h3-17,35H,18H2,1-2H3,(H,34,37). The van der Waals surface area contributed by atoms with Crippen molar-refractivity contribution in [2.24, 2.45) is 0 Å². The minimum atomic E-state index is -4.88. The Hall–Kier alpha value is -4.07. The first kappa shape index (κ1) is 31.9. The molecule has 0 spiro atoms. The summed E-state index contributed by atoms with van der Waals surface area (Å²) in [5.41, 5.74) is 0.379. The number of aryl methyl sites for hydroxylation is 2. The van der Waals surface area contributed by atoms with Gasteiger partial charge in [-0.1, -0.05) is 41.4 Å². The zero-order valence-electron chi connectivity index (χ0n) is 22.7. The maximum Gasteiger partial charge on any atom is 0.417 e. The molecule has 0 aliphatic carbocycles. The van der Waals surface area contributed by atoms with Gasteiger partial charge in [0.15, 0.2) is 0 Å². The molecular weight excluding hydrogens is 627 g/mol. The largest absolute Gasteiger partial charge is 0.417 e. The smallest absolute Gasteiger partial charge is 0.325 e. The molecule has 226 valence electrons. The van der Waals surface area contributed by atoms with Crippen molar-refractivity contribution in [1.82, 2.24) is 0 Å². The molecule has 4 aromatic rings. The molecule has 14 heteroatoms. The number of amides is 1. The Morgan fingerprint density at radius 2 is 1.42 bits per heavy atom. The van der Waals surface area contributed by atoms with Gasteiger partial charge in [0, 0.05) is 11.4 Å². The minimum absolute atomic E-state index is 0.101. The van der Waals surface area contributed by atoms with Crippen LogP contribution in [0.3, 0.4) is 0 Å². The summed E-state index contributed by atoms with van der Waals surface area (Å²) in [5, 5.41) is 1.82. The topological polar surface area (TPSA) is 113 Å². The van der Waals surface area contributed by atoms with Gasteiger partial charge in [0.1, 0.15) is 6.54 Å². The molecule has 1 amide bonds. The van der Waals surface area contributed by atoms with Crippen LogP contribution in [-0.2, 0) is 31.0 Å².